The van der Waals surface area contributed by atoms with Crippen LogP contribution >= 0.6 is 0 Å². The van der Waals surface area contributed by atoms with Crippen molar-refractivity contribution in [3.63, 3.8) is 0 Å². The number of hydrogen-bond acceptors (Lipinski definition) is 7. The van der Waals surface area contributed by atoms with Crippen molar-refractivity contribution in [3.8, 4) is 17.1 Å². The molecule has 0 atom stereocenters. The van der Waals surface area contributed by atoms with Crippen molar-refractivity contribution in [3.05, 3.63) is 98.2 Å². The molecule has 5 rings (SSSR count). The fourth-order valence-electron chi connectivity index (χ4n) is 4.57. The average molecular weight is 512 g/mol. The van der Waals surface area contributed by atoms with Crippen molar-refractivity contribution in [1.29, 1.82) is 0 Å². The summed E-state index contributed by atoms with van der Waals surface area (Å²) in [5.74, 6) is -1.95. The molecule has 2 heterocycles. The number of methoxy groups -OCH3 is 1. The second kappa shape index (κ2) is 9.72. The molecular weight excluding hydrogens is 486 g/mol. The summed E-state index contributed by atoms with van der Waals surface area (Å²) in [5, 5.41) is 0.296. The molecule has 0 spiro atoms. The monoisotopic (exact) mass is 511 g/mol. The Balaban J connectivity index is 1.58. The van der Waals surface area contributed by atoms with Crippen LogP contribution in [0.25, 0.3) is 22.3 Å². The number of amides is 2. The Labute approximate surface area is 218 Å². The third kappa shape index (κ3) is 4.29. The lowest BCUT2D eigenvalue weighted by Gasteiger charge is -2.13. The third-order valence-electron chi connectivity index (χ3n) is 6.51. The molecule has 0 N–H and O–H groups in total. The van der Waals surface area contributed by atoms with Crippen molar-refractivity contribution in [2.24, 2.45) is 0 Å². The zero-order chi connectivity index (χ0) is 27.1. The fraction of sp³-hybridized carbons (Fsp3) is 0.200. The zero-order valence-electron chi connectivity index (χ0n) is 21.4. The van der Waals surface area contributed by atoms with Crippen LogP contribution in [-0.2, 0) is 4.74 Å². The average Bonchev–Trinajstić information content (AvgIpc) is 3.13. The highest BCUT2D eigenvalue weighted by atomic mass is 16.5. The molecule has 8 nitrogen and oxygen atoms in total. The van der Waals surface area contributed by atoms with Crippen molar-refractivity contribution in [2.75, 3.05) is 20.3 Å². The van der Waals surface area contributed by atoms with Crippen molar-refractivity contribution in [2.45, 2.75) is 20.8 Å². The normalized spacial score (nSPS) is 12.8. The Kier molecular flexibility index (Phi) is 6.42. The molecule has 0 unspecified atom stereocenters. The summed E-state index contributed by atoms with van der Waals surface area (Å²) in [7, 11) is 1.48. The number of aryl methyl sites for hydroxylation is 3. The summed E-state index contributed by atoms with van der Waals surface area (Å²) in [6.45, 7) is 5.94. The number of imide groups is 1. The van der Waals surface area contributed by atoms with Gasteiger partial charge in [-0.1, -0.05) is 35.9 Å². The van der Waals surface area contributed by atoms with E-state index in [9.17, 15) is 19.2 Å². The van der Waals surface area contributed by atoms with E-state index >= 15 is 0 Å². The molecule has 8 heteroatoms. The molecule has 1 aromatic heterocycles. The molecule has 192 valence electrons. The van der Waals surface area contributed by atoms with Gasteiger partial charge in [0.2, 0.25) is 11.2 Å². The van der Waals surface area contributed by atoms with Gasteiger partial charge in [-0.25, -0.2) is 4.79 Å². The quantitative estimate of drug-likeness (QED) is 0.269. The van der Waals surface area contributed by atoms with Gasteiger partial charge in [-0.15, -0.1) is 0 Å². The summed E-state index contributed by atoms with van der Waals surface area (Å²) >= 11 is 0. The van der Waals surface area contributed by atoms with Crippen LogP contribution in [0.2, 0.25) is 0 Å². The summed E-state index contributed by atoms with van der Waals surface area (Å²) < 4.78 is 16.8. The van der Waals surface area contributed by atoms with E-state index in [1.54, 1.807) is 18.2 Å². The number of esters is 1. The molecule has 4 aromatic rings. The van der Waals surface area contributed by atoms with Crippen molar-refractivity contribution >= 4 is 28.8 Å². The minimum Gasteiger partial charge on any atom is -0.452 e. The van der Waals surface area contributed by atoms with Gasteiger partial charge in [0, 0.05) is 12.7 Å². The fourth-order valence-corrected chi connectivity index (χ4v) is 4.57. The number of ether oxygens (including phenoxy) is 2. The topological polar surface area (TPSA) is 103 Å². The highest BCUT2D eigenvalue weighted by molar-refractivity contribution is 6.22. The molecule has 0 saturated carbocycles. The maximum Gasteiger partial charge on any atom is 0.343 e. The molecule has 0 saturated heterocycles. The number of rotatable bonds is 6. The minimum absolute atomic E-state index is 0.0215. The highest BCUT2D eigenvalue weighted by Crippen LogP contribution is 2.33. The Morgan fingerprint density at radius 1 is 0.868 bits per heavy atom. The minimum atomic E-state index is -0.854. The van der Waals surface area contributed by atoms with Crippen LogP contribution in [0.15, 0.2) is 63.8 Å². The molecule has 38 heavy (non-hydrogen) atoms. The van der Waals surface area contributed by atoms with E-state index in [2.05, 4.69) is 0 Å². The van der Waals surface area contributed by atoms with Gasteiger partial charge in [-0.05, 0) is 56.2 Å². The van der Waals surface area contributed by atoms with E-state index < -0.39 is 23.2 Å². The molecule has 1 aliphatic rings. The van der Waals surface area contributed by atoms with Crippen LogP contribution in [0.5, 0.6) is 5.75 Å². The van der Waals surface area contributed by atoms with Crippen LogP contribution in [0.3, 0.4) is 0 Å². The van der Waals surface area contributed by atoms with Crippen LogP contribution < -0.4 is 10.2 Å². The van der Waals surface area contributed by atoms with E-state index in [0.29, 0.717) is 16.5 Å². The molecule has 0 bridgehead atoms. The number of hydrogen-bond donors (Lipinski definition) is 0. The summed E-state index contributed by atoms with van der Waals surface area (Å²) in [6, 6.07) is 15.0. The van der Waals surface area contributed by atoms with Gasteiger partial charge >= 0.3 is 5.97 Å². The molecule has 0 radical (unpaired) electrons. The molecule has 1 aliphatic heterocycles. The second-order valence-corrected chi connectivity index (χ2v) is 9.32. The molecule has 0 aliphatic carbocycles. The van der Waals surface area contributed by atoms with Gasteiger partial charge in [-0.2, -0.15) is 0 Å². The number of nitrogens with zero attached hydrogens (tertiary/aromatic N) is 1. The van der Waals surface area contributed by atoms with Gasteiger partial charge in [0.1, 0.15) is 5.58 Å². The lowest BCUT2D eigenvalue weighted by Crippen LogP contribution is -2.32. The predicted octanol–water partition coefficient (Wildman–Crippen LogP) is 4.85. The smallest absolute Gasteiger partial charge is 0.343 e. The number of benzene rings is 3. The predicted molar refractivity (Wildman–Crippen MR) is 141 cm³/mol. The number of carbonyl (C=O) groups is 3. The SMILES string of the molecule is COCCN1C(=O)c2ccc(C(=O)Oc3c(-c4ccc(C)cc4)oc4c(C)cc(C)cc4c3=O)cc2C1=O. The zero-order valence-corrected chi connectivity index (χ0v) is 21.4. The van der Waals surface area contributed by atoms with Gasteiger partial charge in [-0.3, -0.25) is 19.3 Å². The first-order chi connectivity index (χ1) is 18.2. The van der Waals surface area contributed by atoms with E-state index in [1.165, 1.54) is 25.3 Å². The van der Waals surface area contributed by atoms with Crippen LogP contribution in [0, 0.1) is 20.8 Å². The van der Waals surface area contributed by atoms with E-state index in [0.717, 1.165) is 21.6 Å². The summed E-state index contributed by atoms with van der Waals surface area (Å²) in [6.07, 6.45) is 0. The number of fused-ring (bicyclic) bond motifs is 2. The van der Waals surface area contributed by atoms with Gasteiger partial charge in [0.25, 0.3) is 11.8 Å². The van der Waals surface area contributed by atoms with Crippen molar-refractivity contribution in [1.82, 2.24) is 4.90 Å². The molecular formula is C30H25NO7. The van der Waals surface area contributed by atoms with Crippen LogP contribution in [0.4, 0.5) is 0 Å². The van der Waals surface area contributed by atoms with Crippen molar-refractivity contribution < 1.29 is 28.3 Å². The second-order valence-electron chi connectivity index (χ2n) is 9.32. The first kappa shape index (κ1) is 25.1. The van der Waals surface area contributed by atoms with Crippen LogP contribution in [0.1, 0.15) is 47.8 Å². The van der Waals surface area contributed by atoms with E-state index in [-0.39, 0.29) is 41.4 Å². The van der Waals surface area contributed by atoms with Crippen LogP contribution in [-0.4, -0.2) is 42.9 Å². The lowest BCUT2D eigenvalue weighted by atomic mass is 10.0. The largest absolute Gasteiger partial charge is 0.452 e. The third-order valence-corrected chi connectivity index (χ3v) is 6.51. The van der Waals surface area contributed by atoms with Gasteiger partial charge < -0.3 is 13.9 Å². The highest BCUT2D eigenvalue weighted by Gasteiger charge is 2.36. The Morgan fingerprint density at radius 2 is 1.58 bits per heavy atom. The summed E-state index contributed by atoms with van der Waals surface area (Å²) in [5.41, 5.74) is 3.46. The standard InChI is InChI=1S/C30H25NO7/c1-16-5-7-19(8-6-16)26-27(24(32)23-14-17(2)13-18(3)25(23)37-26)38-30(35)20-9-10-21-22(15-20)29(34)31(28(21)33)11-12-36-4/h5-10,13-15H,11-12H2,1-4H3. The first-order valence-corrected chi connectivity index (χ1v) is 12.1. The molecule has 0 fully saturated rings. The van der Waals surface area contributed by atoms with Gasteiger partial charge in [0.05, 0.1) is 35.2 Å². The molecule has 3 aromatic carbocycles. The Bertz CT molecular complexity index is 1680. The Hall–Kier alpha value is -4.56. The maximum atomic E-state index is 13.6. The Morgan fingerprint density at radius 3 is 2.29 bits per heavy atom. The number of carbonyl (C=O) groups excluding carboxylic acids is 3. The van der Waals surface area contributed by atoms with E-state index in [4.69, 9.17) is 13.9 Å². The van der Waals surface area contributed by atoms with E-state index in [1.807, 2.05) is 39.0 Å². The maximum absolute atomic E-state index is 13.6. The molecule has 2 amide bonds. The lowest BCUT2D eigenvalue weighted by molar-refractivity contribution is 0.0603. The first-order valence-electron chi connectivity index (χ1n) is 12.1. The van der Waals surface area contributed by atoms with Gasteiger partial charge in [0.15, 0.2) is 5.76 Å². The summed E-state index contributed by atoms with van der Waals surface area (Å²) in [4.78, 5) is 53.4.